The van der Waals surface area contributed by atoms with Gasteiger partial charge in [-0.1, -0.05) is 17.7 Å². The third-order valence-corrected chi connectivity index (χ3v) is 4.08. The zero-order valence-electron chi connectivity index (χ0n) is 10.0. The van der Waals surface area contributed by atoms with E-state index in [4.69, 9.17) is 0 Å². The molecule has 1 aromatic carbocycles. The zero-order chi connectivity index (χ0) is 13.3. The van der Waals surface area contributed by atoms with Crippen molar-refractivity contribution >= 4 is 16.0 Å². The summed E-state index contributed by atoms with van der Waals surface area (Å²) in [5, 5.41) is 2.71. The molecule has 98 valence electrons. The van der Waals surface area contributed by atoms with Crippen LogP contribution in [0.25, 0.3) is 0 Å². The van der Waals surface area contributed by atoms with E-state index in [1.165, 1.54) is 6.07 Å². The third kappa shape index (κ3) is 2.70. The van der Waals surface area contributed by atoms with Crippen LogP contribution in [-0.4, -0.2) is 25.4 Å². The Morgan fingerprint density at radius 1 is 1.39 bits per heavy atom. The van der Waals surface area contributed by atoms with Crippen LogP contribution in [0.5, 0.6) is 0 Å². The van der Waals surface area contributed by atoms with Gasteiger partial charge in [-0.2, -0.15) is 8.42 Å². The second kappa shape index (κ2) is 4.70. The summed E-state index contributed by atoms with van der Waals surface area (Å²) in [7, 11) is -4.23. The Kier molecular flexibility index (Phi) is 3.41. The third-order valence-electron chi connectivity index (χ3n) is 3.15. The lowest BCUT2D eigenvalue weighted by atomic mass is 9.90. The quantitative estimate of drug-likeness (QED) is 0.791. The van der Waals surface area contributed by atoms with Crippen molar-refractivity contribution in [2.24, 2.45) is 0 Å². The van der Waals surface area contributed by atoms with Crippen LogP contribution in [0, 0.1) is 6.92 Å². The molecule has 1 saturated heterocycles. The van der Waals surface area contributed by atoms with Gasteiger partial charge in [-0.25, -0.2) is 0 Å². The maximum absolute atomic E-state index is 11.3. The van der Waals surface area contributed by atoms with Crippen LogP contribution in [-0.2, 0) is 14.9 Å². The summed E-state index contributed by atoms with van der Waals surface area (Å²) in [5.41, 5.74) is 1.51. The molecule has 0 aromatic heterocycles. The molecule has 0 aliphatic carbocycles. The van der Waals surface area contributed by atoms with E-state index in [1.54, 1.807) is 12.1 Å². The van der Waals surface area contributed by atoms with E-state index in [2.05, 4.69) is 5.32 Å². The number of amides is 1. The molecule has 1 fully saturated rings. The van der Waals surface area contributed by atoms with Gasteiger partial charge in [0.25, 0.3) is 10.1 Å². The van der Waals surface area contributed by atoms with Crippen LogP contribution in [0.4, 0.5) is 0 Å². The average Bonchev–Trinajstić information content (AvgIpc) is 2.28. The summed E-state index contributed by atoms with van der Waals surface area (Å²) in [4.78, 5) is 11.0. The van der Waals surface area contributed by atoms with Crippen LogP contribution >= 0.6 is 0 Å². The molecule has 1 amide bonds. The highest BCUT2D eigenvalue weighted by molar-refractivity contribution is 7.85. The lowest BCUT2D eigenvalue weighted by Gasteiger charge is -2.24. The van der Waals surface area contributed by atoms with Gasteiger partial charge in [-0.15, -0.1) is 0 Å². The molecule has 1 aromatic rings. The van der Waals surface area contributed by atoms with Gasteiger partial charge in [-0.3, -0.25) is 9.35 Å². The number of hydrogen-bond donors (Lipinski definition) is 2. The SMILES string of the molecule is Cc1ccc(S(=O)(=O)O)c([C@H]2CCC(=O)NC2)c1. The van der Waals surface area contributed by atoms with E-state index < -0.39 is 10.1 Å². The first-order valence-electron chi connectivity index (χ1n) is 5.72. The van der Waals surface area contributed by atoms with Crippen molar-refractivity contribution in [3.8, 4) is 0 Å². The highest BCUT2D eigenvalue weighted by Crippen LogP contribution is 2.30. The van der Waals surface area contributed by atoms with E-state index >= 15 is 0 Å². The highest BCUT2D eigenvalue weighted by atomic mass is 32.2. The van der Waals surface area contributed by atoms with Gasteiger partial charge in [0.15, 0.2) is 0 Å². The first-order chi connectivity index (χ1) is 8.38. The van der Waals surface area contributed by atoms with Crippen molar-refractivity contribution in [2.45, 2.75) is 30.6 Å². The Morgan fingerprint density at radius 3 is 2.67 bits per heavy atom. The van der Waals surface area contributed by atoms with Crippen LogP contribution in [0.3, 0.4) is 0 Å². The number of hydrogen-bond acceptors (Lipinski definition) is 3. The molecule has 1 aliphatic rings. The molecule has 1 aliphatic heterocycles. The number of aryl methyl sites for hydroxylation is 1. The van der Waals surface area contributed by atoms with Crippen molar-refractivity contribution in [1.29, 1.82) is 0 Å². The molecule has 5 nitrogen and oxygen atoms in total. The lowest BCUT2D eigenvalue weighted by Crippen LogP contribution is -2.34. The Bertz CT molecular complexity index is 570. The fourth-order valence-electron chi connectivity index (χ4n) is 2.22. The number of carbonyl (C=O) groups excluding carboxylic acids is 1. The number of rotatable bonds is 2. The summed E-state index contributed by atoms with van der Waals surface area (Å²) in [6, 6.07) is 4.82. The zero-order valence-corrected chi connectivity index (χ0v) is 10.8. The standard InChI is InChI=1S/C12H15NO4S/c1-8-2-4-11(18(15,16)17)10(6-8)9-3-5-12(14)13-7-9/h2,4,6,9H,3,5,7H2,1H3,(H,13,14)(H,15,16,17)/t9-/m0/s1. The van der Waals surface area contributed by atoms with Crippen LogP contribution in [0.1, 0.15) is 29.9 Å². The van der Waals surface area contributed by atoms with Gasteiger partial charge in [0.05, 0.1) is 4.90 Å². The molecule has 2 rings (SSSR count). The predicted octanol–water partition coefficient (Wildman–Crippen LogP) is 1.24. The van der Waals surface area contributed by atoms with Crippen LogP contribution < -0.4 is 5.32 Å². The molecular weight excluding hydrogens is 254 g/mol. The maximum atomic E-state index is 11.3. The molecule has 18 heavy (non-hydrogen) atoms. The molecule has 0 saturated carbocycles. The first-order valence-corrected chi connectivity index (χ1v) is 7.16. The van der Waals surface area contributed by atoms with Gasteiger partial charge < -0.3 is 5.32 Å². The van der Waals surface area contributed by atoms with E-state index in [1.807, 2.05) is 6.92 Å². The molecule has 0 bridgehead atoms. The second-order valence-corrected chi connectivity index (χ2v) is 5.95. The lowest BCUT2D eigenvalue weighted by molar-refractivity contribution is -0.122. The van der Waals surface area contributed by atoms with E-state index in [-0.39, 0.29) is 16.7 Å². The van der Waals surface area contributed by atoms with Crippen LogP contribution in [0.2, 0.25) is 0 Å². The van der Waals surface area contributed by atoms with E-state index in [0.29, 0.717) is 24.9 Å². The smallest absolute Gasteiger partial charge is 0.294 e. The molecule has 2 N–H and O–H groups in total. The molecule has 6 heteroatoms. The maximum Gasteiger partial charge on any atom is 0.294 e. The summed E-state index contributed by atoms with van der Waals surface area (Å²) < 4.78 is 31.9. The molecule has 0 spiro atoms. The second-order valence-electron chi connectivity index (χ2n) is 4.56. The Labute approximate surface area is 106 Å². The predicted molar refractivity (Wildman–Crippen MR) is 66.0 cm³/mol. The molecule has 1 heterocycles. The van der Waals surface area contributed by atoms with Crippen molar-refractivity contribution in [3.63, 3.8) is 0 Å². The van der Waals surface area contributed by atoms with Gasteiger partial charge in [0.2, 0.25) is 5.91 Å². The number of benzene rings is 1. The average molecular weight is 269 g/mol. The van der Waals surface area contributed by atoms with Crippen molar-refractivity contribution in [3.05, 3.63) is 29.3 Å². The molecular formula is C12H15NO4S. The van der Waals surface area contributed by atoms with Gasteiger partial charge >= 0.3 is 0 Å². The van der Waals surface area contributed by atoms with Crippen molar-refractivity contribution in [1.82, 2.24) is 5.32 Å². The number of carbonyl (C=O) groups is 1. The largest absolute Gasteiger partial charge is 0.355 e. The Hall–Kier alpha value is -1.40. The normalized spacial score (nSPS) is 20.6. The topological polar surface area (TPSA) is 83.5 Å². The van der Waals surface area contributed by atoms with Gasteiger partial charge in [0, 0.05) is 18.9 Å². The number of piperidine rings is 1. The summed E-state index contributed by atoms with van der Waals surface area (Å²) in [6.45, 7) is 2.27. The fraction of sp³-hybridized carbons (Fsp3) is 0.417. The molecule has 1 atom stereocenters. The summed E-state index contributed by atoms with van der Waals surface area (Å²) in [6.07, 6.45) is 0.974. The first kappa shape index (κ1) is 13.0. The molecule has 0 unspecified atom stereocenters. The minimum atomic E-state index is -4.23. The minimum Gasteiger partial charge on any atom is -0.355 e. The molecule has 0 radical (unpaired) electrons. The Balaban J connectivity index is 2.42. The van der Waals surface area contributed by atoms with Crippen molar-refractivity contribution in [2.75, 3.05) is 6.54 Å². The van der Waals surface area contributed by atoms with E-state index in [9.17, 15) is 17.8 Å². The minimum absolute atomic E-state index is 0.0210. The monoisotopic (exact) mass is 269 g/mol. The summed E-state index contributed by atoms with van der Waals surface area (Å²) in [5.74, 6) is -0.0909. The van der Waals surface area contributed by atoms with Gasteiger partial charge in [-0.05, 0) is 25.0 Å². The van der Waals surface area contributed by atoms with Crippen molar-refractivity contribution < 1.29 is 17.8 Å². The fourth-order valence-corrected chi connectivity index (χ4v) is 2.98. The van der Waals surface area contributed by atoms with E-state index in [0.717, 1.165) is 5.56 Å². The number of nitrogens with one attached hydrogen (secondary N) is 1. The van der Waals surface area contributed by atoms with Crippen LogP contribution in [0.15, 0.2) is 23.1 Å². The van der Waals surface area contributed by atoms with Gasteiger partial charge in [0.1, 0.15) is 0 Å². The highest BCUT2D eigenvalue weighted by Gasteiger charge is 2.25. The Morgan fingerprint density at radius 2 is 2.11 bits per heavy atom. The summed E-state index contributed by atoms with van der Waals surface area (Å²) >= 11 is 0.